The molecule has 2 aliphatic heterocycles. The summed E-state index contributed by atoms with van der Waals surface area (Å²) in [5.74, 6) is 1.30. The molecule has 4 rings (SSSR count). The van der Waals surface area contributed by atoms with Crippen molar-refractivity contribution in [1.82, 2.24) is 4.90 Å². The topological polar surface area (TPSA) is 74.0 Å². The van der Waals surface area contributed by atoms with Crippen LogP contribution in [0.15, 0.2) is 24.3 Å². The number of nitrogens with two attached hydrogens (primary N) is 1. The fourth-order valence-electron chi connectivity index (χ4n) is 4.65. The van der Waals surface area contributed by atoms with Crippen molar-refractivity contribution < 1.29 is 19.0 Å². The number of hydrogen-bond acceptors (Lipinski definition) is 6. The quantitative estimate of drug-likeness (QED) is 0.633. The molecule has 2 N–H and O–H groups in total. The van der Waals surface area contributed by atoms with Crippen molar-refractivity contribution in [3.8, 4) is 11.5 Å². The van der Waals surface area contributed by atoms with E-state index in [9.17, 15) is 4.79 Å². The van der Waals surface area contributed by atoms with Gasteiger partial charge in [-0.15, -0.1) is 0 Å². The van der Waals surface area contributed by atoms with E-state index in [4.69, 9.17) is 19.9 Å². The van der Waals surface area contributed by atoms with E-state index in [1.165, 1.54) is 11.1 Å². The highest BCUT2D eigenvalue weighted by molar-refractivity contribution is 5.76. The Labute approximate surface area is 166 Å². The molecule has 6 nitrogen and oxygen atoms in total. The number of benzene rings is 1. The molecule has 0 radical (unpaired) electrons. The van der Waals surface area contributed by atoms with Gasteiger partial charge < -0.3 is 24.8 Å². The summed E-state index contributed by atoms with van der Waals surface area (Å²) in [5, 5.41) is 0. The SMILES string of the molecule is COc1ccc2c3c1O[C@H]1C[C@@H](OC(=O)[C@H](N)C(C)C)C=CC31CCN(C)C2. The molecule has 28 heavy (non-hydrogen) atoms. The Morgan fingerprint density at radius 1 is 1.39 bits per heavy atom. The van der Waals surface area contributed by atoms with Gasteiger partial charge in [0.15, 0.2) is 11.5 Å². The average Bonchev–Trinajstić information content (AvgIpc) is 2.93. The zero-order valence-electron chi connectivity index (χ0n) is 17.1. The largest absolute Gasteiger partial charge is 0.493 e. The van der Waals surface area contributed by atoms with Gasteiger partial charge in [-0.2, -0.15) is 0 Å². The lowest BCUT2D eigenvalue weighted by molar-refractivity contribution is -0.151. The minimum absolute atomic E-state index is 0.0441. The summed E-state index contributed by atoms with van der Waals surface area (Å²) in [6, 6.07) is 3.53. The molecular weight excluding hydrogens is 356 g/mol. The predicted octanol–water partition coefficient (Wildman–Crippen LogP) is 2.38. The molecule has 1 aromatic carbocycles. The number of esters is 1. The second kappa shape index (κ2) is 7.08. The molecule has 1 spiro atoms. The van der Waals surface area contributed by atoms with Gasteiger partial charge in [-0.05, 0) is 43.6 Å². The molecular formula is C22H30N2O4. The number of carbonyl (C=O) groups is 1. The fourth-order valence-corrected chi connectivity index (χ4v) is 4.65. The molecule has 0 amide bonds. The highest BCUT2D eigenvalue weighted by atomic mass is 16.6. The molecule has 4 atom stereocenters. The molecule has 1 aliphatic carbocycles. The first kappa shape index (κ1) is 19.3. The number of methoxy groups -OCH3 is 1. The number of rotatable bonds is 4. The van der Waals surface area contributed by atoms with Crippen LogP contribution in [0.3, 0.4) is 0 Å². The van der Waals surface area contributed by atoms with E-state index in [0.29, 0.717) is 6.42 Å². The van der Waals surface area contributed by atoms with Crippen LogP contribution in [0, 0.1) is 5.92 Å². The van der Waals surface area contributed by atoms with Gasteiger partial charge in [-0.25, -0.2) is 0 Å². The first-order valence-corrected chi connectivity index (χ1v) is 10.1. The van der Waals surface area contributed by atoms with Crippen LogP contribution in [-0.4, -0.2) is 49.8 Å². The first-order valence-electron chi connectivity index (χ1n) is 10.1. The molecule has 0 saturated heterocycles. The van der Waals surface area contributed by atoms with Crippen molar-refractivity contribution in [3.05, 3.63) is 35.4 Å². The van der Waals surface area contributed by atoms with E-state index < -0.39 is 6.04 Å². The van der Waals surface area contributed by atoms with Gasteiger partial charge in [0.25, 0.3) is 0 Å². The monoisotopic (exact) mass is 386 g/mol. The minimum atomic E-state index is -0.607. The minimum Gasteiger partial charge on any atom is -0.493 e. The smallest absolute Gasteiger partial charge is 0.323 e. The molecule has 0 saturated carbocycles. The third-order valence-electron chi connectivity index (χ3n) is 6.39. The van der Waals surface area contributed by atoms with Crippen molar-refractivity contribution in [3.63, 3.8) is 0 Å². The summed E-state index contributed by atoms with van der Waals surface area (Å²) in [6.45, 7) is 5.71. The summed E-state index contributed by atoms with van der Waals surface area (Å²) in [4.78, 5) is 14.7. The Balaban J connectivity index is 1.67. The van der Waals surface area contributed by atoms with Crippen LogP contribution in [0.5, 0.6) is 11.5 Å². The maximum Gasteiger partial charge on any atom is 0.323 e. The maximum absolute atomic E-state index is 12.3. The van der Waals surface area contributed by atoms with Crippen molar-refractivity contribution >= 4 is 5.97 Å². The summed E-state index contributed by atoms with van der Waals surface area (Å²) < 4.78 is 17.7. The lowest BCUT2D eigenvalue weighted by Crippen LogP contribution is -2.45. The molecule has 0 aromatic heterocycles. The molecule has 2 heterocycles. The summed E-state index contributed by atoms with van der Waals surface area (Å²) in [6.07, 6.45) is 5.40. The zero-order valence-corrected chi connectivity index (χ0v) is 17.1. The van der Waals surface area contributed by atoms with Gasteiger partial charge in [0.2, 0.25) is 0 Å². The zero-order chi connectivity index (χ0) is 20.1. The van der Waals surface area contributed by atoms with Crippen LogP contribution in [0.25, 0.3) is 0 Å². The average molecular weight is 386 g/mol. The molecule has 1 aromatic rings. The highest BCUT2D eigenvalue weighted by Gasteiger charge is 2.53. The van der Waals surface area contributed by atoms with Crippen molar-refractivity contribution in [2.24, 2.45) is 11.7 Å². The van der Waals surface area contributed by atoms with Crippen molar-refractivity contribution in [2.45, 2.75) is 56.9 Å². The van der Waals surface area contributed by atoms with Crippen LogP contribution in [0.4, 0.5) is 0 Å². The van der Waals surface area contributed by atoms with E-state index in [1.54, 1.807) is 7.11 Å². The van der Waals surface area contributed by atoms with Crippen LogP contribution in [-0.2, 0) is 21.5 Å². The second-order valence-electron chi connectivity index (χ2n) is 8.61. The molecule has 3 aliphatic rings. The number of nitrogens with zero attached hydrogens (tertiary/aromatic N) is 1. The van der Waals surface area contributed by atoms with Gasteiger partial charge in [-0.1, -0.05) is 26.0 Å². The second-order valence-corrected chi connectivity index (χ2v) is 8.61. The Morgan fingerprint density at radius 3 is 2.89 bits per heavy atom. The lowest BCUT2D eigenvalue weighted by atomic mass is 9.69. The van der Waals surface area contributed by atoms with Crippen LogP contribution in [0.2, 0.25) is 0 Å². The molecule has 6 heteroatoms. The standard InChI is InChI=1S/C22H30N2O4/c1-13(2)19(23)21(25)27-15-7-8-22-9-10-24(3)12-14-5-6-16(26-4)20(18(14)22)28-17(22)11-15/h5-8,13,15,17,19H,9-12,23H2,1-4H3/t15-,17-,19+,22?/m0/s1. The Bertz CT molecular complexity index is 806. The van der Waals surface area contributed by atoms with Crippen molar-refractivity contribution in [2.75, 3.05) is 20.7 Å². The Morgan fingerprint density at radius 2 is 2.18 bits per heavy atom. The Hall–Kier alpha value is -2.05. The van der Waals surface area contributed by atoms with E-state index in [0.717, 1.165) is 31.0 Å². The number of carbonyl (C=O) groups excluding carboxylic acids is 1. The van der Waals surface area contributed by atoms with Crippen LogP contribution < -0.4 is 15.2 Å². The molecule has 0 bridgehead atoms. The fraction of sp³-hybridized carbons (Fsp3) is 0.591. The van der Waals surface area contributed by atoms with Gasteiger partial charge in [0.05, 0.1) is 12.5 Å². The van der Waals surface area contributed by atoms with E-state index in [-0.39, 0.29) is 29.5 Å². The van der Waals surface area contributed by atoms with Crippen molar-refractivity contribution in [1.29, 1.82) is 0 Å². The molecule has 1 unspecified atom stereocenters. The lowest BCUT2D eigenvalue weighted by Gasteiger charge is -2.37. The number of ether oxygens (including phenoxy) is 3. The third-order valence-corrected chi connectivity index (χ3v) is 6.39. The maximum atomic E-state index is 12.3. The van der Waals surface area contributed by atoms with E-state index in [1.807, 2.05) is 26.0 Å². The normalized spacial score (nSPS) is 29.5. The highest BCUT2D eigenvalue weighted by Crippen LogP contribution is 2.55. The third kappa shape index (κ3) is 2.99. The van der Waals surface area contributed by atoms with Crippen LogP contribution >= 0.6 is 0 Å². The molecule has 0 fully saturated rings. The van der Waals surface area contributed by atoms with Gasteiger partial charge in [0, 0.05) is 18.5 Å². The molecule has 152 valence electrons. The van der Waals surface area contributed by atoms with Gasteiger partial charge in [-0.3, -0.25) is 4.79 Å². The van der Waals surface area contributed by atoms with E-state index >= 15 is 0 Å². The predicted molar refractivity (Wildman–Crippen MR) is 106 cm³/mol. The number of hydrogen-bond donors (Lipinski definition) is 1. The first-order chi connectivity index (χ1) is 13.4. The summed E-state index contributed by atoms with van der Waals surface area (Å²) in [5.41, 5.74) is 8.27. The van der Waals surface area contributed by atoms with Crippen LogP contribution in [0.1, 0.15) is 37.8 Å². The van der Waals surface area contributed by atoms with Gasteiger partial charge in [0.1, 0.15) is 18.2 Å². The van der Waals surface area contributed by atoms with E-state index in [2.05, 4.69) is 24.1 Å². The summed E-state index contributed by atoms with van der Waals surface area (Å²) in [7, 11) is 3.82. The Kier molecular flexibility index (Phi) is 4.88. The summed E-state index contributed by atoms with van der Waals surface area (Å²) >= 11 is 0. The van der Waals surface area contributed by atoms with Gasteiger partial charge >= 0.3 is 5.97 Å².